The number of sulfonamides is 1. The molecular formula is C27H35N3O6S. The summed E-state index contributed by atoms with van der Waals surface area (Å²) in [6.07, 6.45) is 5.06. The lowest BCUT2D eigenvalue weighted by Gasteiger charge is -2.26. The van der Waals surface area contributed by atoms with E-state index in [1.54, 1.807) is 42.5 Å². The Labute approximate surface area is 218 Å². The second kappa shape index (κ2) is 12.5. The van der Waals surface area contributed by atoms with E-state index in [4.69, 9.17) is 9.47 Å². The first-order chi connectivity index (χ1) is 17.9. The summed E-state index contributed by atoms with van der Waals surface area (Å²) in [5.41, 5.74) is 1.44. The Morgan fingerprint density at radius 3 is 2.59 bits per heavy atom. The number of rotatable bonds is 10. The monoisotopic (exact) mass is 529 g/mol. The Bertz CT molecular complexity index is 1200. The van der Waals surface area contributed by atoms with Gasteiger partial charge in [0.15, 0.2) is 0 Å². The summed E-state index contributed by atoms with van der Waals surface area (Å²) in [6, 6.07) is 11.6. The van der Waals surface area contributed by atoms with Gasteiger partial charge in [-0.15, -0.1) is 0 Å². The first kappa shape index (κ1) is 27.1. The molecule has 2 N–H and O–H groups in total. The number of nitrogens with one attached hydrogen (secondary N) is 2. The molecule has 2 fully saturated rings. The molecule has 2 aliphatic rings. The van der Waals surface area contributed by atoms with Gasteiger partial charge < -0.3 is 20.1 Å². The van der Waals surface area contributed by atoms with Crippen LogP contribution in [-0.4, -0.2) is 64.0 Å². The number of ether oxygens (including phenoxy) is 2. The minimum Gasteiger partial charge on any atom is -0.496 e. The zero-order valence-electron chi connectivity index (χ0n) is 21.2. The molecule has 0 aromatic heterocycles. The smallest absolute Gasteiger partial charge is 0.253 e. The number of carbonyl (C=O) groups is 2. The second-order valence-corrected chi connectivity index (χ2v) is 11.3. The predicted octanol–water partition coefficient (Wildman–Crippen LogP) is 3.35. The average Bonchev–Trinajstić information content (AvgIpc) is 3.45. The minimum absolute atomic E-state index is 0.0233. The molecule has 37 heavy (non-hydrogen) atoms. The molecule has 10 heteroatoms. The predicted molar refractivity (Wildman–Crippen MR) is 140 cm³/mol. The van der Waals surface area contributed by atoms with Crippen LogP contribution in [0.15, 0.2) is 47.4 Å². The van der Waals surface area contributed by atoms with E-state index in [0.29, 0.717) is 48.8 Å². The van der Waals surface area contributed by atoms with E-state index in [0.717, 1.165) is 32.1 Å². The van der Waals surface area contributed by atoms with Crippen LogP contribution in [0.4, 0.5) is 5.69 Å². The number of anilines is 1. The highest BCUT2D eigenvalue weighted by molar-refractivity contribution is 7.89. The topological polar surface area (TPSA) is 114 Å². The van der Waals surface area contributed by atoms with E-state index >= 15 is 0 Å². The van der Waals surface area contributed by atoms with Gasteiger partial charge in [-0.25, -0.2) is 8.42 Å². The number of benzene rings is 2. The quantitative estimate of drug-likeness (QED) is 0.488. The van der Waals surface area contributed by atoms with Crippen molar-refractivity contribution in [2.75, 3.05) is 38.7 Å². The zero-order valence-corrected chi connectivity index (χ0v) is 22.0. The number of hydrogen-bond donors (Lipinski definition) is 2. The lowest BCUT2D eigenvalue weighted by atomic mass is 10.1. The van der Waals surface area contributed by atoms with Gasteiger partial charge in [-0.05, 0) is 68.0 Å². The van der Waals surface area contributed by atoms with Gasteiger partial charge in [-0.3, -0.25) is 9.59 Å². The van der Waals surface area contributed by atoms with Crippen molar-refractivity contribution in [3.8, 4) is 5.75 Å². The van der Waals surface area contributed by atoms with Crippen LogP contribution in [0.25, 0.3) is 0 Å². The maximum Gasteiger partial charge on any atom is 0.253 e. The van der Waals surface area contributed by atoms with E-state index in [2.05, 4.69) is 10.6 Å². The Morgan fingerprint density at radius 1 is 1.08 bits per heavy atom. The first-order valence-corrected chi connectivity index (χ1v) is 14.3. The third-order valence-electron chi connectivity index (χ3n) is 6.79. The Balaban J connectivity index is 1.40. The van der Waals surface area contributed by atoms with Crippen LogP contribution in [0.5, 0.6) is 5.75 Å². The largest absolute Gasteiger partial charge is 0.496 e. The second-order valence-electron chi connectivity index (χ2n) is 9.38. The van der Waals surface area contributed by atoms with Crippen LogP contribution < -0.4 is 15.4 Å². The summed E-state index contributed by atoms with van der Waals surface area (Å²) in [7, 11) is -2.08. The van der Waals surface area contributed by atoms with E-state index in [1.165, 1.54) is 11.4 Å². The van der Waals surface area contributed by atoms with Crippen molar-refractivity contribution >= 4 is 27.5 Å². The van der Waals surface area contributed by atoms with E-state index in [1.807, 2.05) is 0 Å². The molecular weight excluding hydrogens is 494 g/mol. The molecule has 200 valence electrons. The molecule has 2 heterocycles. The van der Waals surface area contributed by atoms with Crippen molar-refractivity contribution in [3.05, 3.63) is 53.6 Å². The molecule has 2 aliphatic heterocycles. The molecule has 9 nitrogen and oxygen atoms in total. The summed E-state index contributed by atoms with van der Waals surface area (Å²) >= 11 is 0. The summed E-state index contributed by atoms with van der Waals surface area (Å²) in [5, 5.41) is 5.71. The molecule has 2 saturated heterocycles. The van der Waals surface area contributed by atoms with E-state index in [-0.39, 0.29) is 35.7 Å². The van der Waals surface area contributed by atoms with Gasteiger partial charge >= 0.3 is 0 Å². The van der Waals surface area contributed by atoms with Crippen molar-refractivity contribution in [2.45, 2.75) is 55.9 Å². The zero-order chi connectivity index (χ0) is 26.3. The standard InChI is InChI=1S/C27H35N3O6S/c1-35-25-13-12-22(37(33,34)30-15-5-2-6-16-30)18-20(25)11-14-26(31)29-24-10-4-3-9-23(24)27(32)28-19-21-8-7-17-36-21/h3-4,9-10,12-13,18,21H,2,5-8,11,14-17,19H2,1H3,(H,28,32)(H,29,31)/t21-/m1/s1. The SMILES string of the molecule is COc1ccc(S(=O)(=O)N2CCCCC2)cc1CCC(=O)Nc1ccccc1C(=O)NC[C@H]1CCCO1. The normalized spacial score (nSPS) is 18.4. The fourth-order valence-corrected chi connectivity index (χ4v) is 6.29. The Kier molecular flexibility index (Phi) is 9.18. The van der Waals surface area contributed by atoms with Gasteiger partial charge in [-0.1, -0.05) is 18.6 Å². The summed E-state index contributed by atoms with van der Waals surface area (Å²) < 4.78 is 38.7. The van der Waals surface area contributed by atoms with E-state index < -0.39 is 10.0 Å². The average molecular weight is 530 g/mol. The van der Waals surface area contributed by atoms with Crippen LogP contribution in [0.2, 0.25) is 0 Å². The Morgan fingerprint density at radius 2 is 1.86 bits per heavy atom. The van der Waals surface area contributed by atoms with Gasteiger partial charge in [0.1, 0.15) is 5.75 Å². The fourth-order valence-electron chi connectivity index (χ4n) is 4.72. The molecule has 2 aromatic rings. The Hall–Kier alpha value is -2.95. The number of nitrogens with zero attached hydrogens (tertiary/aromatic N) is 1. The number of piperidine rings is 1. The van der Waals surface area contributed by atoms with Crippen molar-refractivity contribution in [2.24, 2.45) is 0 Å². The molecule has 0 unspecified atom stereocenters. The van der Waals surface area contributed by atoms with Crippen LogP contribution >= 0.6 is 0 Å². The number of para-hydroxylation sites is 1. The van der Waals surface area contributed by atoms with Crippen molar-refractivity contribution in [1.82, 2.24) is 9.62 Å². The third-order valence-corrected chi connectivity index (χ3v) is 8.68. The van der Waals surface area contributed by atoms with E-state index in [9.17, 15) is 18.0 Å². The van der Waals surface area contributed by atoms with Crippen molar-refractivity contribution < 1.29 is 27.5 Å². The maximum absolute atomic E-state index is 13.1. The third kappa shape index (κ3) is 6.88. The highest BCUT2D eigenvalue weighted by atomic mass is 32.2. The van der Waals surface area contributed by atoms with Gasteiger partial charge in [0.2, 0.25) is 15.9 Å². The lowest BCUT2D eigenvalue weighted by molar-refractivity contribution is -0.116. The number of hydrogen-bond acceptors (Lipinski definition) is 6. The molecule has 0 radical (unpaired) electrons. The molecule has 0 spiro atoms. The minimum atomic E-state index is -3.60. The number of methoxy groups -OCH3 is 1. The van der Waals surface area contributed by atoms with Crippen LogP contribution in [0, 0.1) is 0 Å². The number of carbonyl (C=O) groups excluding carboxylic acids is 2. The molecule has 1 atom stereocenters. The lowest BCUT2D eigenvalue weighted by Crippen LogP contribution is -2.35. The highest BCUT2D eigenvalue weighted by Crippen LogP contribution is 2.27. The summed E-state index contributed by atoms with van der Waals surface area (Å²) in [5.74, 6) is -0.0336. The van der Waals surface area contributed by atoms with Gasteiger partial charge in [0.05, 0.1) is 29.4 Å². The molecule has 2 amide bonds. The van der Waals surface area contributed by atoms with Crippen molar-refractivity contribution in [3.63, 3.8) is 0 Å². The van der Waals surface area contributed by atoms with Crippen LogP contribution in [-0.2, 0) is 26.0 Å². The maximum atomic E-state index is 13.1. The fraction of sp³-hybridized carbons (Fsp3) is 0.481. The molecule has 0 aliphatic carbocycles. The van der Waals surface area contributed by atoms with Crippen LogP contribution in [0.3, 0.4) is 0 Å². The first-order valence-electron chi connectivity index (χ1n) is 12.8. The highest BCUT2D eigenvalue weighted by Gasteiger charge is 2.27. The number of amides is 2. The summed E-state index contributed by atoms with van der Waals surface area (Å²) in [6.45, 7) is 2.18. The van der Waals surface area contributed by atoms with Gasteiger partial charge in [0, 0.05) is 32.7 Å². The number of aryl methyl sites for hydroxylation is 1. The van der Waals surface area contributed by atoms with Gasteiger partial charge in [0.25, 0.3) is 5.91 Å². The molecule has 0 saturated carbocycles. The van der Waals surface area contributed by atoms with Crippen molar-refractivity contribution in [1.29, 1.82) is 0 Å². The molecule has 4 rings (SSSR count). The summed E-state index contributed by atoms with van der Waals surface area (Å²) in [4.78, 5) is 25.8. The molecule has 0 bridgehead atoms. The van der Waals surface area contributed by atoms with Gasteiger partial charge in [-0.2, -0.15) is 4.31 Å². The van der Waals surface area contributed by atoms with Crippen LogP contribution in [0.1, 0.15) is 54.4 Å². The molecule has 2 aromatic carbocycles.